The normalized spacial score (nSPS) is 10.6. The fraction of sp³-hybridized carbons (Fsp3) is 0.889. The second kappa shape index (κ2) is 6.71. The van der Waals surface area contributed by atoms with Crippen LogP contribution < -0.4 is 10.6 Å². The Balaban J connectivity index is 3.27. The first-order valence-electron chi connectivity index (χ1n) is 4.71. The number of carbonyl (C=O) groups is 1. The average Bonchev–Trinajstić information content (AvgIpc) is 1.96. The molecule has 0 saturated carbocycles. The molecule has 4 nitrogen and oxygen atoms in total. The summed E-state index contributed by atoms with van der Waals surface area (Å²) in [5.41, 5.74) is 0. The summed E-state index contributed by atoms with van der Waals surface area (Å²) in [6.45, 7) is 5.62. The van der Waals surface area contributed by atoms with Crippen LogP contribution >= 0.6 is 0 Å². The van der Waals surface area contributed by atoms with Crippen LogP contribution in [0.25, 0.3) is 0 Å². The van der Waals surface area contributed by atoms with Gasteiger partial charge in [0.05, 0.1) is 0 Å². The van der Waals surface area contributed by atoms with Crippen molar-refractivity contribution in [3.05, 3.63) is 0 Å². The van der Waals surface area contributed by atoms with Crippen LogP contribution in [0.5, 0.6) is 0 Å². The topological polar surface area (TPSA) is 44.4 Å². The fourth-order valence-electron chi connectivity index (χ4n) is 0.910. The van der Waals surface area contributed by atoms with Gasteiger partial charge in [0.25, 0.3) is 0 Å². The van der Waals surface area contributed by atoms with Gasteiger partial charge in [-0.25, -0.2) is 4.79 Å². The molecule has 0 spiro atoms. The van der Waals surface area contributed by atoms with Gasteiger partial charge in [0.2, 0.25) is 0 Å². The van der Waals surface area contributed by atoms with Crippen molar-refractivity contribution in [3.63, 3.8) is 0 Å². The Bertz CT molecular complexity index is 146. The van der Waals surface area contributed by atoms with Crippen molar-refractivity contribution < 1.29 is 4.79 Å². The van der Waals surface area contributed by atoms with E-state index in [1.165, 1.54) is 0 Å². The van der Waals surface area contributed by atoms with Crippen LogP contribution in [0.4, 0.5) is 4.79 Å². The van der Waals surface area contributed by atoms with Gasteiger partial charge < -0.3 is 15.5 Å². The van der Waals surface area contributed by atoms with Crippen molar-refractivity contribution in [3.8, 4) is 0 Å². The van der Waals surface area contributed by atoms with Crippen LogP contribution in [0.15, 0.2) is 0 Å². The van der Waals surface area contributed by atoms with E-state index in [9.17, 15) is 4.79 Å². The van der Waals surface area contributed by atoms with Crippen molar-refractivity contribution in [2.75, 3.05) is 27.2 Å². The maximum atomic E-state index is 11.1. The molecule has 0 rings (SSSR count). The molecule has 0 saturated heterocycles. The smallest absolute Gasteiger partial charge is 0.314 e. The lowest BCUT2D eigenvalue weighted by molar-refractivity contribution is 0.238. The number of hydrogen-bond donors (Lipinski definition) is 2. The number of nitrogens with one attached hydrogen (secondary N) is 2. The van der Waals surface area contributed by atoms with Gasteiger partial charge in [0.1, 0.15) is 0 Å². The Kier molecular flexibility index (Phi) is 6.32. The van der Waals surface area contributed by atoms with Gasteiger partial charge in [-0.2, -0.15) is 0 Å². The van der Waals surface area contributed by atoms with Crippen LogP contribution in [0.3, 0.4) is 0 Å². The van der Waals surface area contributed by atoms with E-state index in [2.05, 4.69) is 15.5 Å². The molecule has 0 unspecified atom stereocenters. The van der Waals surface area contributed by atoms with Crippen LogP contribution in [-0.4, -0.2) is 44.2 Å². The maximum absolute atomic E-state index is 11.1. The molecule has 0 atom stereocenters. The number of rotatable bonds is 5. The molecule has 0 aromatic rings. The van der Waals surface area contributed by atoms with Gasteiger partial charge in [-0.1, -0.05) is 0 Å². The molecule has 0 aliphatic heterocycles. The third kappa shape index (κ3) is 9.14. The molecule has 0 aromatic heterocycles. The highest BCUT2D eigenvalue weighted by Crippen LogP contribution is 1.81. The minimum absolute atomic E-state index is 0.0752. The Hall–Kier alpha value is -0.770. The van der Waals surface area contributed by atoms with E-state index < -0.39 is 0 Å². The molecule has 0 radical (unpaired) electrons. The molecule has 0 fully saturated rings. The molecular formula is C9H21N3O. The van der Waals surface area contributed by atoms with E-state index in [-0.39, 0.29) is 12.1 Å². The number of amides is 2. The van der Waals surface area contributed by atoms with Crippen LogP contribution in [-0.2, 0) is 0 Å². The SMILES string of the molecule is CC(C)NC(=O)NCCCN(C)C. The average molecular weight is 187 g/mol. The lowest BCUT2D eigenvalue weighted by Crippen LogP contribution is -2.40. The van der Waals surface area contributed by atoms with E-state index >= 15 is 0 Å². The van der Waals surface area contributed by atoms with E-state index in [1.54, 1.807) is 0 Å². The van der Waals surface area contributed by atoms with E-state index in [4.69, 9.17) is 0 Å². The first-order chi connectivity index (χ1) is 6.02. The molecule has 0 heterocycles. The highest BCUT2D eigenvalue weighted by molar-refractivity contribution is 5.73. The summed E-state index contributed by atoms with van der Waals surface area (Å²) in [7, 11) is 4.04. The molecule has 78 valence electrons. The summed E-state index contributed by atoms with van der Waals surface area (Å²) >= 11 is 0. The molecule has 0 aromatic carbocycles. The first kappa shape index (κ1) is 12.2. The zero-order valence-corrected chi connectivity index (χ0v) is 9.05. The molecular weight excluding hydrogens is 166 g/mol. The molecule has 0 aliphatic rings. The second-order valence-electron chi connectivity index (χ2n) is 3.71. The minimum Gasteiger partial charge on any atom is -0.338 e. The summed E-state index contributed by atoms with van der Waals surface area (Å²) in [6.07, 6.45) is 0.985. The van der Waals surface area contributed by atoms with Gasteiger partial charge >= 0.3 is 6.03 Å². The maximum Gasteiger partial charge on any atom is 0.314 e. The highest BCUT2D eigenvalue weighted by atomic mass is 16.2. The Labute approximate surface area is 80.7 Å². The Morgan fingerprint density at radius 1 is 1.38 bits per heavy atom. The number of urea groups is 1. The summed E-state index contributed by atoms with van der Waals surface area (Å²) in [5.74, 6) is 0. The third-order valence-electron chi connectivity index (χ3n) is 1.49. The Morgan fingerprint density at radius 2 is 2.00 bits per heavy atom. The van der Waals surface area contributed by atoms with Gasteiger partial charge in [-0.15, -0.1) is 0 Å². The van der Waals surface area contributed by atoms with Crippen molar-refractivity contribution in [2.24, 2.45) is 0 Å². The predicted octanol–water partition coefficient (Wildman–Crippen LogP) is 0.646. The lowest BCUT2D eigenvalue weighted by Gasteiger charge is -2.11. The van der Waals surface area contributed by atoms with E-state index in [0.29, 0.717) is 0 Å². The third-order valence-corrected chi connectivity index (χ3v) is 1.49. The van der Waals surface area contributed by atoms with Crippen molar-refractivity contribution in [2.45, 2.75) is 26.3 Å². The van der Waals surface area contributed by atoms with Crippen LogP contribution in [0.2, 0.25) is 0 Å². The number of carbonyl (C=O) groups excluding carboxylic acids is 1. The van der Waals surface area contributed by atoms with Crippen molar-refractivity contribution >= 4 is 6.03 Å². The monoisotopic (exact) mass is 187 g/mol. The number of nitrogens with zero attached hydrogens (tertiary/aromatic N) is 1. The van der Waals surface area contributed by atoms with Gasteiger partial charge in [-0.05, 0) is 40.9 Å². The standard InChI is InChI=1S/C9H21N3O/c1-8(2)11-9(13)10-6-5-7-12(3)4/h8H,5-7H2,1-4H3,(H2,10,11,13). The quantitative estimate of drug-likeness (QED) is 0.621. The first-order valence-corrected chi connectivity index (χ1v) is 4.71. The summed E-state index contributed by atoms with van der Waals surface area (Å²) in [6, 6.07) is 0.127. The Morgan fingerprint density at radius 3 is 2.46 bits per heavy atom. The molecule has 0 bridgehead atoms. The number of hydrogen-bond acceptors (Lipinski definition) is 2. The van der Waals surface area contributed by atoms with Crippen molar-refractivity contribution in [1.82, 2.24) is 15.5 Å². The largest absolute Gasteiger partial charge is 0.338 e. The molecule has 2 amide bonds. The van der Waals surface area contributed by atoms with Crippen LogP contribution in [0.1, 0.15) is 20.3 Å². The fourth-order valence-corrected chi connectivity index (χ4v) is 0.910. The van der Waals surface area contributed by atoms with E-state index in [1.807, 2.05) is 27.9 Å². The van der Waals surface area contributed by atoms with Gasteiger partial charge in [0.15, 0.2) is 0 Å². The van der Waals surface area contributed by atoms with Gasteiger partial charge in [0, 0.05) is 12.6 Å². The minimum atomic E-state index is -0.0752. The molecule has 0 aliphatic carbocycles. The van der Waals surface area contributed by atoms with Crippen LogP contribution in [0, 0.1) is 0 Å². The zero-order valence-electron chi connectivity index (χ0n) is 9.05. The van der Waals surface area contributed by atoms with Gasteiger partial charge in [-0.3, -0.25) is 0 Å². The van der Waals surface area contributed by atoms with E-state index in [0.717, 1.165) is 19.5 Å². The predicted molar refractivity (Wildman–Crippen MR) is 54.8 cm³/mol. The van der Waals surface area contributed by atoms with Crippen molar-refractivity contribution in [1.29, 1.82) is 0 Å². The lowest BCUT2D eigenvalue weighted by atomic mass is 10.4. The molecule has 13 heavy (non-hydrogen) atoms. The molecule has 2 N–H and O–H groups in total. The summed E-state index contributed by atoms with van der Waals surface area (Å²) < 4.78 is 0. The highest BCUT2D eigenvalue weighted by Gasteiger charge is 2.00. The zero-order chi connectivity index (χ0) is 10.3. The summed E-state index contributed by atoms with van der Waals surface area (Å²) in [5, 5.41) is 5.56. The summed E-state index contributed by atoms with van der Waals surface area (Å²) in [4.78, 5) is 13.2. The molecule has 4 heteroatoms. The second-order valence-corrected chi connectivity index (χ2v) is 3.71.